The van der Waals surface area contributed by atoms with Crippen molar-refractivity contribution in [3.05, 3.63) is 77.3 Å². The molecular weight excluding hydrogens is 661 g/mol. The van der Waals surface area contributed by atoms with Gasteiger partial charge in [0.1, 0.15) is 11.6 Å². The minimum absolute atomic E-state index is 0. The van der Waals surface area contributed by atoms with Crippen molar-refractivity contribution in [2.75, 3.05) is 44.6 Å². The number of hydrogen-bond acceptors (Lipinski definition) is 6. The molecule has 1 saturated carbocycles. The molecule has 7 rings (SSSR count). The summed E-state index contributed by atoms with van der Waals surface area (Å²) < 4.78 is 6.57. The van der Waals surface area contributed by atoms with Crippen LogP contribution in [0.15, 0.2) is 66.7 Å². The van der Waals surface area contributed by atoms with Crippen molar-refractivity contribution in [1.82, 2.24) is 20.0 Å². The summed E-state index contributed by atoms with van der Waals surface area (Å²) in [5.41, 5.74) is 0.721. The van der Waals surface area contributed by atoms with Gasteiger partial charge < -0.3 is 25.2 Å². The highest BCUT2D eigenvalue weighted by Gasteiger charge is 2.72. The maximum atomic E-state index is 14.4. The fourth-order valence-corrected chi connectivity index (χ4v) is 9.01. The van der Waals surface area contributed by atoms with Gasteiger partial charge in [-0.1, -0.05) is 86.8 Å². The number of likely N-dealkylation sites (tertiary alicyclic amines) is 1. The van der Waals surface area contributed by atoms with Gasteiger partial charge in [0, 0.05) is 56.0 Å². The van der Waals surface area contributed by atoms with E-state index in [1.165, 1.54) is 5.56 Å². The lowest BCUT2D eigenvalue weighted by Gasteiger charge is -2.38. The van der Waals surface area contributed by atoms with Crippen molar-refractivity contribution in [3.63, 3.8) is 0 Å². The highest BCUT2D eigenvalue weighted by atomic mass is 35.5. The number of hydrogen-bond donors (Lipinski definition) is 2. The van der Waals surface area contributed by atoms with Gasteiger partial charge in [0.05, 0.1) is 17.9 Å². The molecule has 4 fully saturated rings. The molecule has 4 heterocycles. The lowest BCUT2D eigenvalue weighted by atomic mass is 9.73. The maximum Gasteiger partial charge on any atom is 0.246 e. The summed E-state index contributed by atoms with van der Waals surface area (Å²) in [5.74, 6) is -1.30. The Morgan fingerprint density at radius 2 is 1.71 bits per heavy atom. The van der Waals surface area contributed by atoms with Crippen molar-refractivity contribution in [1.29, 1.82) is 0 Å². The first-order valence-electron chi connectivity index (χ1n) is 17.8. The van der Waals surface area contributed by atoms with Crippen LogP contribution in [0.1, 0.15) is 45.1 Å². The van der Waals surface area contributed by atoms with Crippen LogP contribution in [0.25, 0.3) is 0 Å². The number of nitrogens with one attached hydrogen (secondary N) is 2. The van der Waals surface area contributed by atoms with Crippen LogP contribution in [-0.4, -0.2) is 95.5 Å². The molecule has 3 saturated heterocycles. The summed E-state index contributed by atoms with van der Waals surface area (Å²) in [6, 6.07) is 16.8. The lowest BCUT2D eigenvalue weighted by Crippen LogP contribution is -2.58. The van der Waals surface area contributed by atoms with Gasteiger partial charge >= 0.3 is 0 Å². The molecule has 0 radical (unpaired) electrons. The number of anilines is 1. The molecule has 0 aromatic heterocycles. The highest BCUT2D eigenvalue weighted by Crippen LogP contribution is 2.55. The molecule has 1 spiro atoms. The van der Waals surface area contributed by atoms with Crippen LogP contribution in [0.5, 0.6) is 0 Å². The predicted octanol–water partition coefficient (Wildman–Crippen LogP) is 5.00. The average molecular weight is 711 g/mol. The summed E-state index contributed by atoms with van der Waals surface area (Å²) in [7, 11) is 0. The third-order valence-electron chi connectivity index (χ3n) is 11.6. The largest absolute Gasteiger partial charge is 0.359 e. The number of nitrogens with zero attached hydrogens (tertiary/aromatic N) is 3. The van der Waals surface area contributed by atoms with E-state index in [1.54, 1.807) is 29.2 Å². The van der Waals surface area contributed by atoms with E-state index in [0.29, 0.717) is 29.1 Å². The minimum atomic E-state index is -1.17. The Kier molecular flexibility index (Phi) is 11.1. The topological polar surface area (TPSA) is 94.2 Å². The number of ether oxygens (including phenoxy) is 1. The molecule has 1 aliphatic carbocycles. The molecule has 264 valence electrons. The van der Waals surface area contributed by atoms with E-state index in [-0.39, 0.29) is 36.2 Å². The third-order valence-corrected chi connectivity index (χ3v) is 11.9. The van der Waals surface area contributed by atoms with Crippen molar-refractivity contribution < 1.29 is 19.1 Å². The molecule has 8 atom stereocenters. The molecule has 2 N–H and O–H groups in total. The average Bonchev–Trinajstić information content (AvgIpc) is 3.72. The molecule has 2 aromatic carbocycles. The molecule has 2 aromatic rings. The number of piperazine rings is 1. The molecule has 9 nitrogen and oxygen atoms in total. The monoisotopic (exact) mass is 709 g/mol. The molecule has 3 amide bonds. The van der Waals surface area contributed by atoms with E-state index >= 15 is 0 Å². The number of amides is 3. The van der Waals surface area contributed by atoms with E-state index in [2.05, 4.69) is 58.5 Å². The standard InChI is InChI=1S/C38H48ClN5O4.ClH/c1-25-9-6-14-30(26(25)2)41-36(46)34-38-16-15-31(48-38)32(35(45)40-29-13-7-12-28(39)23-29)33(38)37(47)44(34)18-8-17-42-19-21-43(22-20-42)24-27-10-4-3-5-11-27;/h3-5,7,10-13,15-16,23,25-26,30-34H,6,8-9,14,17-22,24H2,1-2H3,(H,40,45)(H,41,46);1H/t25?,26?,30?,31-,32?,33-,34?,38?;/m1./s1. The van der Waals surface area contributed by atoms with Gasteiger partial charge in [-0.15, -0.1) is 12.4 Å². The predicted molar refractivity (Wildman–Crippen MR) is 193 cm³/mol. The van der Waals surface area contributed by atoms with Crippen LogP contribution >= 0.6 is 24.0 Å². The van der Waals surface area contributed by atoms with Crippen molar-refractivity contribution in [2.24, 2.45) is 23.7 Å². The molecule has 49 heavy (non-hydrogen) atoms. The normalized spacial score (nSPS) is 32.5. The molecule has 11 heteroatoms. The zero-order valence-corrected chi connectivity index (χ0v) is 30.0. The van der Waals surface area contributed by atoms with E-state index in [9.17, 15) is 14.4 Å². The Morgan fingerprint density at radius 3 is 2.47 bits per heavy atom. The van der Waals surface area contributed by atoms with Crippen LogP contribution in [0.3, 0.4) is 0 Å². The number of carbonyl (C=O) groups excluding carboxylic acids is 3. The molecule has 6 unspecified atom stereocenters. The Hall–Kier alpha value is -2.95. The van der Waals surface area contributed by atoms with Gasteiger partial charge in [-0.3, -0.25) is 19.3 Å². The lowest BCUT2D eigenvalue weighted by molar-refractivity contribution is -0.141. The SMILES string of the molecule is CC1CCCC(NC(=O)C2N(CCCN3CCN(Cc4ccccc4)CC3)C(=O)[C@H]3C(C(=O)Nc4cccc(Cl)c4)[C@H]4C=CC23O4)C1C.Cl. The van der Waals surface area contributed by atoms with E-state index in [4.69, 9.17) is 16.3 Å². The smallest absolute Gasteiger partial charge is 0.246 e. The first-order chi connectivity index (χ1) is 23.2. The Balaban J connectivity index is 0.00000417. The van der Waals surface area contributed by atoms with Crippen molar-refractivity contribution in [2.45, 2.75) is 69.9 Å². The zero-order chi connectivity index (χ0) is 33.4. The fourth-order valence-electron chi connectivity index (χ4n) is 8.82. The first-order valence-corrected chi connectivity index (χ1v) is 18.1. The highest BCUT2D eigenvalue weighted by molar-refractivity contribution is 6.30. The third kappa shape index (κ3) is 7.15. The molecule has 4 aliphatic heterocycles. The number of halogens is 2. The maximum absolute atomic E-state index is 14.4. The summed E-state index contributed by atoms with van der Waals surface area (Å²) in [6.45, 7) is 10.6. The van der Waals surface area contributed by atoms with Crippen LogP contribution in [0, 0.1) is 23.7 Å². The van der Waals surface area contributed by atoms with E-state index in [1.807, 2.05) is 18.2 Å². The second-order valence-electron chi connectivity index (χ2n) is 14.6. The fraction of sp³-hybridized carbons (Fsp3) is 0.553. The second kappa shape index (κ2) is 15.1. The Morgan fingerprint density at radius 1 is 0.959 bits per heavy atom. The van der Waals surface area contributed by atoms with Crippen molar-refractivity contribution in [3.8, 4) is 0 Å². The van der Waals surface area contributed by atoms with Crippen molar-refractivity contribution >= 4 is 47.4 Å². The number of carbonyl (C=O) groups is 3. The van der Waals surface area contributed by atoms with Gasteiger partial charge in [0.15, 0.2) is 0 Å². The first kappa shape index (κ1) is 35.9. The number of benzene rings is 2. The van der Waals surface area contributed by atoms with Crippen LogP contribution in [0.2, 0.25) is 5.02 Å². The molecule has 2 bridgehead atoms. The summed E-state index contributed by atoms with van der Waals surface area (Å²) in [5, 5.41) is 6.83. The van der Waals surface area contributed by atoms with E-state index < -0.39 is 29.6 Å². The summed E-state index contributed by atoms with van der Waals surface area (Å²) in [4.78, 5) is 49.2. The number of fused-ring (bicyclic) bond motifs is 1. The summed E-state index contributed by atoms with van der Waals surface area (Å²) >= 11 is 6.18. The van der Waals surface area contributed by atoms with Gasteiger partial charge in [0.25, 0.3) is 0 Å². The van der Waals surface area contributed by atoms with Gasteiger partial charge in [-0.2, -0.15) is 0 Å². The second-order valence-corrected chi connectivity index (χ2v) is 15.0. The number of rotatable bonds is 10. The Labute approximate surface area is 301 Å². The summed E-state index contributed by atoms with van der Waals surface area (Å²) in [6.07, 6.45) is 7.08. The van der Waals surface area contributed by atoms with Gasteiger partial charge in [-0.05, 0) is 55.0 Å². The van der Waals surface area contributed by atoms with Gasteiger partial charge in [0.2, 0.25) is 17.7 Å². The Bertz CT molecular complexity index is 1530. The molecule has 5 aliphatic rings. The van der Waals surface area contributed by atoms with Gasteiger partial charge in [-0.25, -0.2) is 0 Å². The zero-order valence-electron chi connectivity index (χ0n) is 28.4. The van der Waals surface area contributed by atoms with Crippen LogP contribution in [-0.2, 0) is 25.7 Å². The molecular formula is C38H49Cl2N5O4. The minimum Gasteiger partial charge on any atom is -0.359 e. The van der Waals surface area contributed by atoms with E-state index in [0.717, 1.165) is 65.0 Å². The van der Waals surface area contributed by atoms with Crippen LogP contribution < -0.4 is 10.6 Å². The quantitative estimate of drug-likeness (QED) is 0.338. The van der Waals surface area contributed by atoms with Crippen LogP contribution in [0.4, 0.5) is 5.69 Å².